The first kappa shape index (κ1) is 13.2. The quantitative estimate of drug-likeness (QED) is 0.756. The fourth-order valence-electron chi connectivity index (χ4n) is 2.16. The van der Waals surface area contributed by atoms with Crippen LogP contribution in [0.3, 0.4) is 0 Å². The molecule has 3 aromatic rings. The number of aliphatic hydroxyl groups excluding tert-OH is 1. The predicted octanol–water partition coefficient (Wildman–Crippen LogP) is 3.12. The molecule has 1 unspecified atom stereocenters. The monoisotopic (exact) mass is 284 g/mol. The van der Waals surface area contributed by atoms with Gasteiger partial charge in [0.25, 0.3) is 0 Å². The number of nitrogens with one attached hydrogen (secondary N) is 1. The Kier molecular flexibility index (Phi) is 4.06. The highest BCUT2D eigenvalue weighted by Gasteiger charge is 2.07. The van der Waals surface area contributed by atoms with Crippen molar-refractivity contribution in [2.24, 2.45) is 0 Å². The summed E-state index contributed by atoms with van der Waals surface area (Å²) in [5.41, 5.74) is 0.892. The van der Waals surface area contributed by atoms with Gasteiger partial charge < -0.3 is 10.4 Å². The van der Waals surface area contributed by atoms with Gasteiger partial charge in [-0.3, -0.25) is 4.98 Å². The van der Waals surface area contributed by atoms with E-state index >= 15 is 0 Å². The van der Waals surface area contributed by atoms with E-state index in [0.29, 0.717) is 6.54 Å². The summed E-state index contributed by atoms with van der Waals surface area (Å²) in [7, 11) is 0. The Morgan fingerprint density at radius 2 is 1.95 bits per heavy atom. The number of thiophene rings is 1. The van der Waals surface area contributed by atoms with Gasteiger partial charge in [-0.05, 0) is 35.2 Å². The molecule has 3 nitrogen and oxygen atoms in total. The van der Waals surface area contributed by atoms with Gasteiger partial charge in [-0.15, -0.1) is 11.3 Å². The minimum absolute atomic E-state index is 0.493. The molecular weight excluding hydrogens is 268 g/mol. The van der Waals surface area contributed by atoms with Crippen LogP contribution in [0.4, 0.5) is 0 Å². The highest BCUT2D eigenvalue weighted by atomic mass is 32.1. The molecule has 0 bridgehead atoms. The Labute approximate surface area is 121 Å². The number of rotatable bonds is 5. The second-order valence-corrected chi connectivity index (χ2v) is 5.85. The van der Waals surface area contributed by atoms with E-state index in [1.807, 2.05) is 12.1 Å². The summed E-state index contributed by atoms with van der Waals surface area (Å²) in [5, 5.41) is 14.6. The molecule has 4 heteroatoms. The topological polar surface area (TPSA) is 45.1 Å². The Balaban J connectivity index is 1.57. The van der Waals surface area contributed by atoms with Crippen LogP contribution in [0, 0.1) is 0 Å². The van der Waals surface area contributed by atoms with Gasteiger partial charge in [-0.1, -0.05) is 18.2 Å². The third-order valence-corrected chi connectivity index (χ3v) is 4.32. The van der Waals surface area contributed by atoms with Gasteiger partial charge in [-0.2, -0.15) is 0 Å². The van der Waals surface area contributed by atoms with Crippen LogP contribution < -0.4 is 5.32 Å². The zero-order valence-corrected chi connectivity index (χ0v) is 11.8. The van der Waals surface area contributed by atoms with Crippen LogP contribution in [-0.4, -0.2) is 16.6 Å². The SMILES string of the molecule is OC(CNCc1cc2ccccc2s1)c1ccncc1. The maximum atomic E-state index is 10.1. The fraction of sp³-hybridized carbons (Fsp3) is 0.188. The van der Waals surface area contributed by atoms with Gasteiger partial charge in [-0.25, -0.2) is 0 Å². The normalized spacial score (nSPS) is 12.7. The second-order valence-electron chi connectivity index (χ2n) is 4.68. The minimum atomic E-state index is -0.493. The molecule has 2 aromatic heterocycles. The first-order valence-corrected chi connectivity index (χ1v) is 7.41. The lowest BCUT2D eigenvalue weighted by atomic mass is 10.1. The molecule has 0 spiro atoms. The number of pyridine rings is 1. The molecule has 1 atom stereocenters. The van der Waals surface area contributed by atoms with Crippen molar-refractivity contribution in [2.45, 2.75) is 12.6 Å². The van der Waals surface area contributed by atoms with Gasteiger partial charge >= 0.3 is 0 Å². The Morgan fingerprint density at radius 1 is 1.15 bits per heavy atom. The molecule has 0 fully saturated rings. The molecule has 2 heterocycles. The van der Waals surface area contributed by atoms with Gasteiger partial charge in [0.15, 0.2) is 0 Å². The lowest BCUT2D eigenvalue weighted by Crippen LogP contribution is -2.20. The zero-order chi connectivity index (χ0) is 13.8. The third-order valence-electron chi connectivity index (χ3n) is 3.20. The van der Waals surface area contributed by atoms with Crippen molar-refractivity contribution in [1.29, 1.82) is 0 Å². The maximum Gasteiger partial charge on any atom is 0.0915 e. The highest BCUT2D eigenvalue weighted by Crippen LogP contribution is 2.25. The largest absolute Gasteiger partial charge is 0.387 e. The van der Waals surface area contributed by atoms with Gasteiger partial charge in [0.05, 0.1) is 6.10 Å². The fourth-order valence-corrected chi connectivity index (χ4v) is 3.19. The molecule has 1 aromatic carbocycles. The number of aromatic nitrogens is 1. The molecule has 0 saturated carbocycles. The van der Waals surface area contributed by atoms with E-state index in [0.717, 1.165) is 12.1 Å². The molecule has 3 rings (SSSR count). The molecule has 20 heavy (non-hydrogen) atoms. The predicted molar refractivity (Wildman–Crippen MR) is 82.7 cm³/mol. The average Bonchev–Trinajstić information content (AvgIpc) is 2.90. The second kappa shape index (κ2) is 6.13. The zero-order valence-electron chi connectivity index (χ0n) is 11.0. The molecule has 0 aliphatic carbocycles. The van der Waals surface area contributed by atoms with E-state index in [2.05, 4.69) is 40.6 Å². The first-order chi connectivity index (χ1) is 9.83. The molecular formula is C16H16N2OS. The van der Waals surface area contributed by atoms with Crippen LogP contribution in [-0.2, 0) is 6.54 Å². The molecule has 2 N–H and O–H groups in total. The van der Waals surface area contributed by atoms with Gasteiger partial charge in [0, 0.05) is 35.1 Å². The summed E-state index contributed by atoms with van der Waals surface area (Å²) < 4.78 is 1.30. The Hall–Kier alpha value is -1.75. The van der Waals surface area contributed by atoms with Crippen LogP contribution in [0.5, 0.6) is 0 Å². The van der Waals surface area contributed by atoms with Crippen LogP contribution >= 0.6 is 11.3 Å². The highest BCUT2D eigenvalue weighted by molar-refractivity contribution is 7.19. The number of hydrogen-bond acceptors (Lipinski definition) is 4. The molecule has 102 valence electrons. The number of aliphatic hydroxyl groups is 1. The van der Waals surface area contributed by atoms with Crippen molar-refractivity contribution in [3.63, 3.8) is 0 Å². The molecule has 0 aliphatic heterocycles. The molecule has 0 saturated heterocycles. The lowest BCUT2D eigenvalue weighted by Gasteiger charge is -2.11. The van der Waals surface area contributed by atoms with Crippen molar-refractivity contribution >= 4 is 21.4 Å². The lowest BCUT2D eigenvalue weighted by molar-refractivity contribution is 0.174. The number of fused-ring (bicyclic) bond motifs is 1. The number of nitrogens with zero attached hydrogens (tertiary/aromatic N) is 1. The van der Waals surface area contributed by atoms with E-state index in [1.165, 1.54) is 15.0 Å². The summed E-state index contributed by atoms with van der Waals surface area (Å²) in [5.74, 6) is 0. The minimum Gasteiger partial charge on any atom is -0.387 e. The summed E-state index contributed by atoms with van der Waals surface area (Å²) in [6, 6.07) is 14.3. The van der Waals surface area contributed by atoms with Crippen molar-refractivity contribution in [3.8, 4) is 0 Å². The number of benzene rings is 1. The summed E-state index contributed by atoms with van der Waals surface area (Å²) >= 11 is 1.79. The van der Waals surface area contributed by atoms with Gasteiger partial charge in [0.2, 0.25) is 0 Å². The third kappa shape index (κ3) is 3.04. The van der Waals surface area contributed by atoms with Crippen molar-refractivity contribution in [2.75, 3.05) is 6.54 Å². The summed E-state index contributed by atoms with van der Waals surface area (Å²) in [4.78, 5) is 5.24. The summed E-state index contributed by atoms with van der Waals surface area (Å²) in [6.45, 7) is 1.32. The van der Waals surface area contributed by atoms with E-state index in [4.69, 9.17) is 0 Å². The molecule has 0 amide bonds. The number of hydrogen-bond donors (Lipinski definition) is 2. The van der Waals surface area contributed by atoms with E-state index in [9.17, 15) is 5.11 Å². The average molecular weight is 284 g/mol. The van der Waals surface area contributed by atoms with E-state index in [1.54, 1.807) is 23.7 Å². The molecule has 0 aliphatic rings. The summed E-state index contributed by atoms with van der Waals surface area (Å²) in [6.07, 6.45) is 2.90. The Bertz CT molecular complexity index is 648. The Morgan fingerprint density at radius 3 is 2.75 bits per heavy atom. The van der Waals surface area contributed by atoms with Crippen LogP contribution in [0.15, 0.2) is 54.9 Å². The van der Waals surface area contributed by atoms with Crippen LogP contribution in [0.2, 0.25) is 0 Å². The van der Waals surface area contributed by atoms with E-state index in [-0.39, 0.29) is 0 Å². The van der Waals surface area contributed by atoms with Gasteiger partial charge in [0.1, 0.15) is 0 Å². The van der Waals surface area contributed by atoms with Crippen LogP contribution in [0.1, 0.15) is 16.5 Å². The van der Waals surface area contributed by atoms with Crippen molar-refractivity contribution in [1.82, 2.24) is 10.3 Å². The standard InChI is InChI=1S/C16H16N2OS/c19-15(12-5-7-17-8-6-12)11-18-10-14-9-13-3-1-2-4-16(13)20-14/h1-9,15,18-19H,10-11H2. The van der Waals surface area contributed by atoms with Crippen molar-refractivity contribution < 1.29 is 5.11 Å². The maximum absolute atomic E-state index is 10.1. The van der Waals surface area contributed by atoms with E-state index < -0.39 is 6.10 Å². The molecule has 0 radical (unpaired) electrons. The first-order valence-electron chi connectivity index (χ1n) is 6.59. The van der Waals surface area contributed by atoms with Crippen molar-refractivity contribution in [3.05, 3.63) is 65.3 Å². The smallest absolute Gasteiger partial charge is 0.0915 e. The van der Waals surface area contributed by atoms with Crippen LogP contribution in [0.25, 0.3) is 10.1 Å².